The zero-order valence-corrected chi connectivity index (χ0v) is 20.7. The van der Waals surface area contributed by atoms with Gasteiger partial charge in [0.05, 0.1) is 5.69 Å². The van der Waals surface area contributed by atoms with Gasteiger partial charge < -0.3 is 19.8 Å². The van der Waals surface area contributed by atoms with E-state index >= 15 is 0 Å². The van der Waals surface area contributed by atoms with Gasteiger partial charge in [-0.1, -0.05) is 13.8 Å². The van der Waals surface area contributed by atoms with Crippen molar-refractivity contribution in [3.05, 3.63) is 47.5 Å². The molecule has 1 unspecified atom stereocenters. The molecule has 0 amide bonds. The molecule has 1 saturated heterocycles. The highest BCUT2D eigenvalue weighted by Crippen LogP contribution is 2.32. The number of aromatic hydroxyl groups is 2. The van der Waals surface area contributed by atoms with E-state index in [1.165, 1.54) is 6.07 Å². The maximum Gasteiger partial charge on any atom is 0.320 e. The number of phenols is 2. The minimum atomic E-state index is -0.0597. The number of piperazine rings is 1. The molecule has 0 aromatic heterocycles. The first-order chi connectivity index (χ1) is 16.3. The summed E-state index contributed by atoms with van der Waals surface area (Å²) in [6.45, 7) is 9.88. The molecule has 0 bridgehead atoms. The predicted octanol–water partition coefficient (Wildman–Crippen LogP) is 1.31. The third-order valence-electron chi connectivity index (χ3n) is 6.15. The lowest BCUT2D eigenvalue weighted by molar-refractivity contribution is -0.667. The van der Waals surface area contributed by atoms with Crippen molar-refractivity contribution < 1.29 is 20.0 Å². The monoisotopic (exact) mass is 485 g/mol. The van der Waals surface area contributed by atoms with Crippen LogP contribution in [-0.2, 0) is 0 Å². The summed E-state index contributed by atoms with van der Waals surface area (Å²) in [5.41, 5.74) is 8.17. The third kappa shape index (κ3) is 5.58. The first-order valence-electron chi connectivity index (χ1n) is 11.5. The highest BCUT2D eigenvalue weighted by atomic mass is 32.1. The lowest BCUT2D eigenvalue weighted by Gasteiger charge is -2.32. The number of hydrogen-bond acceptors (Lipinski definition) is 8. The number of ether oxygens (including phenoxy) is 1. The van der Waals surface area contributed by atoms with Gasteiger partial charge in [0, 0.05) is 51.0 Å². The normalized spacial score (nSPS) is 19.2. The molecular weight excluding hydrogens is 452 g/mol. The molecule has 0 radical (unpaired) electrons. The second kappa shape index (κ2) is 10.6. The number of benzene rings is 2. The average Bonchev–Trinajstić information content (AvgIpc) is 3.16. The number of rotatable bonds is 8. The molecule has 182 valence electrons. The molecule has 4 rings (SSSR count). The highest BCUT2D eigenvalue weighted by Gasteiger charge is 2.34. The lowest BCUT2D eigenvalue weighted by atomic mass is 9.98. The summed E-state index contributed by atoms with van der Waals surface area (Å²) in [5.74, 6) is 1.39. The van der Waals surface area contributed by atoms with E-state index in [-0.39, 0.29) is 17.4 Å². The average molecular weight is 486 g/mol. The van der Waals surface area contributed by atoms with Crippen LogP contribution >= 0.6 is 12.2 Å². The van der Waals surface area contributed by atoms with Crippen molar-refractivity contribution in [2.45, 2.75) is 19.8 Å². The van der Waals surface area contributed by atoms with Crippen molar-refractivity contribution >= 4 is 28.9 Å². The second-order valence-corrected chi connectivity index (χ2v) is 9.41. The number of quaternary nitrogens is 1. The topological polar surface area (TPSA) is 97.0 Å². The van der Waals surface area contributed by atoms with Crippen molar-refractivity contribution in [1.29, 1.82) is 0 Å². The van der Waals surface area contributed by atoms with Gasteiger partial charge in [-0.25, -0.2) is 10.9 Å². The molecular formula is C24H33N6O3S+. The Labute approximate surface area is 205 Å². The molecule has 5 N–H and O–H groups in total. The standard InChI is InChI=1S/C24H32N6O3S/c1-16(2)19-14-20(22(32)15-21(19)31)23-25-26-24(34)30(23)27-17-4-6-18(7-5-17)33-13-12-29-10-8-28(3)9-11-29/h4-7,14-16,27,31-32H,8-13H2,1-3H3,(H,26,34)/p+1. The number of amidine groups is 1. The molecule has 2 aromatic rings. The first-order valence-corrected chi connectivity index (χ1v) is 11.9. The summed E-state index contributed by atoms with van der Waals surface area (Å²) in [6.07, 6.45) is 0. The third-order valence-corrected chi connectivity index (χ3v) is 6.45. The number of phenolic OH excluding ortho intramolecular Hbond substituents is 2. The van der Waals surface area contributed by atoms with E-state index < -0.39 is 0 Å². The molecule has 0 saturated carbocycles. The minimum absolute atomic E-state index is 0.0584. The summed E-state index contributed by atoms with van der Waals surface area (Å²) in [5, 5.41) is 26.0. The Morgan fingerprint density at radius 1 is 1.12 bits per heavy atom. The van der Waals surface area contributed by atoms with Crippen molar-refractivity contribution in [3.8, 4) is 17.2 Å². The number of thiocarbonyl (C=S) groups is 1. The quantitative estimate of drug-likeness (QED) is 0.357. The Hall–Kier alpha value is -2.92. The van der Waals surface area contributed by atoms with Gasteiger partial charge in [-0.05, 0) is 48.9 Å². The SMILES string of the molecule is CC(C)c1cc(C2=NNC(=S)[NH+]2Nc2ccc(OCCN3CCN(C)CC3)cc2)c(O)cc1O. The van der Waals surface area contributed by atoms with Gasteiger partial charge in [0.2, 0.25) is 0 Å². The summed E-state index contributed by atoms with van der Waals surface area (Å²) >= 11 is 5.43. The van der Waals surface area contributed by atoms with Crippen LogP contribution in [0.3, 0.4) is 0 Å². The number of likely N-dealkylation sites (N-methyl/N-ethyl adjacent to an activating group) is 1. The first kappa shape index (κ1) is 24.2. The predicted molar refractivity (Wildman–Crippen MR) is 137 cm³/mol. The molecule has 1 fully saturated rings. The zero-order valence-electron chi connectivity index (χ0n) is 19.8. The van der Waals surface area contributed by atoms with Gasteiger partial charge in [-0.3, -0.25) is 4.90 Å². The molecule has 9 nitrogen and oxygen atoms in total. The Balaban J connectivity index is 1.38. The highest BCUT2D eigenvalue weighted by molar-refractivity contribution is 7.79. The fourth-order valence-electron chi connectivity index (χ4n) is 4.03. The molecule has 0 spiro atoms. The van der Waals surface area contributed by atoms with E-state index in [2.05, 4.69) is 32.8 Å². The molecule has 2 heterocycles. The Bertz CT molecular complexity index is 1050. The van der Waals surface area contributed by atoms with Crippen LogP contribution in [0.4, 0.5) is 5.69 Å². The smallest absolute Gasteiger partial charge is 0.320 e. The van der Waals surface area contributed by atoms with Crippen LogP contribution in [0.1, 0.15) is 30.9 Å². The van der Waals surface area contributed by atoms with Crippen molar-refractivity contribution in [2.75, 3.05) is 51.8 Å². The van der Waals surface area contributed by atoms with Gasteiger partial charge in [-0.2, -0.15) is 0 Å². The Morgan fingerprint density at radius 2 is 1.82 bits per heavy atom. The Morgan fingerprint density at radius 3 is 2.50 bits per heavy atom. The van der Waals surface area contributed by atoms with Crippen LogP contribution in [0.5, 0.6) is 17.2 Å². The molecule has 10 heteroatoms. The second-order valence-electron chi connectivity index (χ2n) is 9.00. The van der Waals surface area contributed by atoms with E-state index in [0.29, 0.717) is 28.1 Å². The van der Waals surface area contributed by atoms with E-state index in [9.17, 15) is 10.2 Å². The van der Waals surface area contributed by atoms with Crippen LogP contribution in [0.25, 0.3) is 0 Å². The summed E-state index contributed by atoms with van der Waals surface area (Å²) < 4.78 is 5.93. The number of anilines is 1. The van der Waals surface area contributed by atoms with Crippen LogP contribution < -0.4 is 20.6 Å². The van der Waals surface area contributed by atoms with Gasteiger partial charge in [0.1, 0.15) is 29.4 Å². The molecule has 2 aliphatic heterocycles. The molecule has 2 aromatic carbocycles. The van der Waals surface area contributed by atoms with Gasteiger partial charge in [0.25, 0.3) is 5.84 Å². The number of hydrogen-bond donors (Lipinski definition) is 5. The van der Waals surface area contributed by atoms with Gasteiger partial charge in [0.15, 0.2) is 0 Å². The number of nitrogens with zero attached hydrogens (tertiary/aromatic N) is 3. The minimum Gasteiger partial charge on any atom is -0.508 e. The van der Waals surface area contributed by atoms with E-state index in [0.717, 1.165) is 49.7 Å². The number of nitrogens with one attached hydrogen (secondary N) is 3. The fraction of sp³-hybridized carbons (Fsp3) is 0.417. The summed E-state index contributed by atoms with van der Waals surface area (Å²) in [6, 6.07) is 10.8. The number of hydrazone groups is 1. The lowest BCUT2D eigenvalue weighted by Crippen LogP contribution is -3.19. The van der Waals surface area contributed by atoms with Crippen LogP contribution in [0, 0.1) is 0 Å². The van der Waals surface area contributed by atoms with E-state index in [4.69, 9.17) is 17.0 Å². The van der Waals surface area contributed by atoms with Crippen LogP contribution in [0.2, 0.25) is 0 Å². The molecule has 34 heavy (non-hydrogen) atoms. The maximum atomic E-state index is 10.5. The zero-order chi connectivity index (χ0) is 24.2. The van der Waals surface area contributed by atoms with E-state index in [1.54, 1.807) is 6.07 Å². The van der Waals surface area contributed by atoms with Gasteiger partial charge >= 0.3 is 5.11 Å². The molecule has 1 atom stereocenters. The van der Waals surface area contributed by atoms with Crippen molar-refractivity contribution in [2.24, 2.45) is 5.10 Å². The fourth-order valence-corrected chi connectivity index (χ4v) is 4.22. The maximum absolute atomic E-state index is 10.5. The van der Waals surface area contributed by atoms with E-state index in [1.807, 2.05) is 38.1 Å². The Kier molecular flexibility index (Phi) is 7.52. The van der Waals surface area contributed by atoms with Crippen molar-refractivity contribution in [1.82, 2.24) is 15.2 Å². The molecule has 2 aliphatic rings. The molecule has 0 aliphatic carbocycles. The van der Waals surface area contributed by atoms with Crippen LogP contribution in [0.15, 0.2) is 41.5 Å². The van der Waals surface area contributed by atoms with Crippen molar-refractivity contribution in [3.63, 3.8) is 0 Å². The largest absolute Gasteiger partial charge is 0.508 e. The van der Waals surface area contributed by atoms with Gasteiger partial charge in [-0.15, -0.1) is 10.1 Å². The summed E-state index contributed by atoms with van der Waals surface area (Å²) in [4.78, 5) is 4.76. The summed E-state index contributed by atoms with van der Waals surface area (Å²) in [7, 11) is 2.15. The van der Waals surface area contributed by atoms with Crippen LogP contribution in [-0.4, -0.2) is 77.3 Å².